The molecule has 0 saturated carbocycles. The molecule has 0 unspecified atom stereocenters. The Hall–Kier alpha value is -1.56. The van der Waals surface area contributed by atoms with Gasteiger partial charge < -0.3 is 15.0 Å². The molecular weight excluding hydrogens is 360 g/mol. The molecule has 1 rings (SSSR count). The maximum absolute atomic E-state index is 12.4. The molecule has 0 aliphatic rings. The van der Waals surface area contributed by atoms with Gasteiger partial charge >= 0.3 is 6.09 Å². The molecule has 1 aromatic carbocycles. The van der Waals surface area contributed by atoms with Crippen molar-refractivity contribution in [1.82, 2.24) is 10.2 Å². The minimum absolute atomic E-state index is 0.0187. The quantitative estimate of drug-likeness (QED) is 0.835. The summed E-state index contributed by atoms with van der Waals surface area (Å²) in [7, 11) is 0. The molecule has 0 saturated heterocycles. The molecule has 0 fully saturated rings. The Morgan fingerprint density at radius 3 is 2.30 bits per heavy atom. The number of hydrogen-bond acceptors (Lipinski definition) is 3. The van der Waals surface area contributed by atoms with Crippen LogP contribution in [0.4, 0.5) is 4.79 Å². The average molecular weight is 385 g/mol. The number of hydrogen-bond donors (Lipinski definition) is 1. The van der Waals surface area contributed by atoms with E-state index in [9.17, 15) is 9.59 Å². The molecule has 0 heterocycles. The van der Waals surface area contributed by atoms with Gasteiger partial charge in [0.25, 0.3) is 5.91 Å². The highest BCUT2D eigenvalue weighted by Crippen LogP contribution is 2.18. The van der Waals surface area contributed by atoms with E-state index in [1.165, 1.54) is 0 Å². The van der Waals surface area contributed by atoms with Gasteiger partial charge in [-0.15, -0.1) is 0 Å². The Labute approximate surface area is 146 Å². The lowest BCUT2D eigenvalue weighted by Crippen LogP contribution is -2.32. The van der Waals surface area contributed by atoms with Crippen LogP contribution < -0.4 is 5.32 Å². The van der Waals surface area contributed by atoms with Gasteiger partial charge in [0, 0.05) is 29.7 Å². The number of nitrogens with one attached hydrogen (secondary N) is 1. The second kappa shape index (κ2) is 8.34. The topological polar surface area (TPSA) is 58.6 Å². The number of benzene rings is 1. The van der Waals surface area contributed by atoms with Crippen molar-refractivity contribution >= 4 is 27.9 Å². The number of carbonyl (C=O) groups is 2. The summed E-state index contributed by atoms with van der Waals surface area (Å²) in [5.74, 6) is -0.0187. The van der Waals surface area contributed by atoms with E-state index < -0.39 is 11.7 Å². The second-order valence-electron chi connectivity index (χ2n) is 6.18. The van der Waals surface area contributed by atoms with Crippen molar-refractivity contribution in [2.75, 3.05) is 13.1 Å². The molecule has 0 spiro atoms. The zero-order valence-electron chi connectivity index (χ0n) is 14.4. The van der Waals surface area contributed by atoms with Crippen LogP contribution in [-0.4, -0.2) is 35.6 Å². The van der Waals surface area contributed by atoms with Crippen LogP contribution in [0.2, 0.25) is 0 Å². The molecule has 1 aromatic rings. The highest BCUT2D eigenvalue weighted by atomic mass is 79.9. The van der Waals surface area contributed by atoms with Crippen molar-refractivity contribution in [3.63, 3.8) is 0 Å². The lowest BCUT2D eigenvalue weighted by Gasteiger charge is -2.20. The zero-order valence-corrected chi connectivity index (χ0v) is 16.0. The van der Waals surface area contributed by atoms with E-state index >= 15 is 0 Å². The summed E-state index contributed by atoms with van der Waals surface area (Å²) in [6, 6.07) is 5.46. The fourth-order valence-corrected chi connectivity index (χ4v) is 2.60. The van der Waals surface area contributed by atoms with E-state index in [0.717, 1.165) is 10.0 Å². The Balaban J connectivity index is 2.82. The predicted molar refractivity (Wildman–Crippen MR) is 94.5 cm³/mol. The number of carbonyl (C=O) groups excluding carboxylic acids is 2. The van der Waals surface area contributed by atoms with Crippen LogP contribution in [0.15, 0.2) is 22.7 Å². The Morgan fingerprint density at radius 2 is 1.78 bits per heavy atom. The number of nitrogens with zero attached hydrogens (tertiary/aromatic N) is 1. The predicted octanol–water partition coefficient (Wildman–Crippen LogP) is 3.96. The van der Waals surface area contributed by atoms with Crippen LogP contribution in [0.3, 0.4) is 0 Å². The van der Waals surface area contributed by atoms with Gasteiger partial charge in [0.15, 0.2) is 0 Å². The third-order valence-electron chi connectivity index (χ3n) is 3.09. The molecule has 5 nitrogen and oxygen atoms in total. The van der Waals surface area contributed by atoms with Gasteiger partial charge in [-0.3, -0.25) is 4.79 Å². The lowest BCUT2D eigenvalue weighted by molar-refractivity contribution is 0.0523. The SMILES string of the molecule is CCN(CC)C(=O)c1cc(Br)cc(CNC(=O)OC(C)(C)C)c1. The first-order valence-electron chi connectivity index (χ1n) is 7.71. The molecule has 0 aromatic heterocycles. The zero-order chi connectivity index (χ0) is 17.6. The summed E-state index contributed by atoms with van der Waals surface area (Å²) >= 11 is 3.42. The Morgan fingerprint density at radius 1 is 1.17 bits per heavy atom. The number of ether oxygens (including phenoxy) is 1. The molecule has 128 valence electrons. The summed E-state index contributed by atoms with van der Waals surface area (Å²) in [5, 5.41) is 2.70. The molecule has 0 aliphatic carbocycles. The number of alkyl carbamates (subject to hydrolysis) is 1. The van der Waals surface area contributed by atoms with Crippen LogP contribution >= 0.6 is 15.9 Å². The minimum atomic E-state index is -0.536. The number of rotatable bonds is 5. The summed E-state index contributed by atoms with van der Waals surface area (Å²) in [6.45, 7) is 11.0. The van der Waals surface area contributed by atoms with Crippen LogP contribution in [-0.2, 0) is 11.3 Å². The highest BCUT2D eigenvalue weighted by molar-refractivity contribution is 9.10. The summed E-state index contributed by atoms with van der Waals surface area (Å²) in [6.07, 6.45) is -0.478. The second-order valence-corrected chi connectivity index (χ2v) is 7.10. The van der Waals surface area contributed by atoms with Crippen molar-refractivity contribution < 1.29 is 14.3 Å². The smallest absolute Gasteiger partial charge is 0.407 e. The first-order chi connectivity index (χ1) is 10.7. The first kappa shape index (κ1) is 19.5. The summed E-state index contributed by atoms with van der Waals surface area (Å²) in [4.78, 5) is 25.9. The van der Waals surface area contributed by atoms with Crippen LogP contribution in [0.5, 0.6) is 0 Å². The van der Waals surface area contributed by atoms with E-state index in [1.54, 1.807) is 17.0 Å². The molecule has 2 amide bonds. The number of halogens is 1. The lowest BCUT2D eigenvalue weighted by atomic mass is 10.1. The van der Waals surface area contributed by atoms with Gasteiger partial charge in [0.1, 0.15) is 5.60 Å². The van der Waals surface area contributed by atoms with Crippen molar-refractivity contribution in [2.24, 2.45) is 0 Å². The van der Waals surface area contributed by atoms with E-state index in [2.05, 4.69) is 21.2 Å². The third-order valence-corrected chi connectivity index (χ3v) is 3.55. The van der Waals surface area contributed by atoms with Gasteiger partial charge in [-0.25, -0.2) is 4.79 Å². The first-order valence-corrected chi connectivity index (χ1v) is 8.51. The highest BCUT2D eigenvalue weighted by Gasteiger charge is 2.17. The van der Waals surface area contributed by atoms with E-state index in [4.69, 9.17) is 4.74 Å². The van der Waals surface area contributed by atoms with Crippen LogP contribution in [0.1, 0.15) is 50.5 Å². The fourth-order valence-electron chi connectivity index (χ4n) is 2.06. The summed E-state index contributed by atoms with van der Waals surface area (Å²) in [5.41, 5.74) is 0.899. The average Bonchev–Trinajstić information content (AvgIpc) is 2.44. The van der Waals surface area contributed by atoms with Gasteiger partial charge in [-0.05, 0) is 58.4 Å². The molecule has 23 heavy (non-hydrogen) atoms. The molecule has 6 heteroatoms. The van der Waals surface area contributed by atoms with Crippen LogP contribution in [0.25, 0.3) is 0 Å². The minimum Gasteiger partial charge on any atom is -0.444 e. The third kappa shape index (κ3) is 6.60. The van der Waals surface area contributed by atoms with Crippen molar-refractivity contribution in [1.29, 1.82) is 0 Å². The standard InChI is InChI=1S/C17H25BrN2O3/c1-6-20(7-2)15(21)13-8-12(9-14(18)10-13)11-19-16(22)23-17(3,4)5/h8-10H,6-7,11H2,1-5H3,(H,19,22). The molecule has 0 aliphatic heterocycles. The van der Waals surface area contributed by atoms with Gasteiger partial charge in [0.05, 0.1) is 0 Å². The van der Waals surface area contributed by atoms with Gasteiger partial charge in [-0.2, -0.15) is 0 Å². The molecule has 0 bridgehead atoms. The van der Waals surface area contributed by atoms with Gasteiger partial charge in [-0.1, -0.05) is 15.9 Å². The van der Waals surface area contributed by atoms with E-state index in [1.807, 2.05) is 40.7 Å². The fraction of sp³-hybridized carbons (Fsp3) is 0.529. The largest absolute Gasteiger partial charge is 0.444 e. The Bertz CT molecular complexity index is 563. The van der Waals surface area contributed by atoms with Crippen molar-refractivity contribution in [3.8, 4) is 0 Å². The molecule has 1 N–H and O–H groups in total. The van der Waals surface area contributed by atoms with E-state index in [0.29, 0.717) is 25.2 Å². The number of amides is 2. The monoisotopic (exact) mass is 384 g/mol. The molecule has 0 atom stereocenters. The van der Waals surface area contributed by atoms with E-state index in [-0.39, 0.29) is 5.91 Å². The van der Waals surface area contributed by atoms with Crippen molar-refractivity contribution in [3.05, 3.63) is 33.8 Å². The van der Waals surface area contributed by atoms with Gasteiger partial charge in [0.2, 0.25) is 0 Å². The summed E-state index contributed by atoms with van der Waals surface area (Å²) < 4.78 is 6.01. The van der Waals surface area contributed by atoms with Crippen LogP contribution in [0, 0.1) is 0 Å². The van der Waals surface area contributed by atoms with Crippen molar-refractivity contribution in [2.45, 2.75) is 46.8 Å². The molecule has 0 radical (unpaired) electrons. The Kier molecular flexibility index (Phi) is 7.06. The maximum Gasteiger partial charge on any atom is 0.407 e. The maximum atomic E-state index is 12.4. The molecular formula is C17H25BrN2O3. The normalized spacial score (nSPS) is 11.0.